The molecule has 0 N–H and O–H groups in total. The summed E-state index contributed by atoms with van der Waals surface area (Å²) in [5, 5.41) is 0. The van der Waals surface area contributed by atoms with Crippen molar-refractivity contribution in [3.63, 3.8) is 0 Å². The van der Waals surface area contributed by atoms with Gasteiger partial charge in [0.05, 0.1) is 7.11 Å². The van der Waals surface area contributed by atoms with Crippen molar-refractivity contribution in [1.82, 2.24) is 4.90 Å². The van der Waals surface area contributed by atoms with E-state index >= 15 is 0 Å². The Hall–Kier alpha value is -2.04. The van der Waals surface area contributed by atoms with Crippen LogP contribution >= 0.6 is 0 Å². The molecule has 1 aliphatic rings. The lowest BCUT2D eigenvalue weighted by molar-refractivity contribution is -0.147. The summed E-state index contributed by atoms with van der Waals surface area (Å²) in [6.45, 7) is 0.602. The zero-order valence-corrected chi connectivity index (χ0v) is 12.8. The number of esters is 1. The van der Waals surface area contributed by atoms with E-state index in [1.165, 1.54) is 7.11 Å². The third-order valence-corrected chi connectivity index (χ3v) is 3.85. The number of carbonyl (C=O) groups is 2. The van der Waals surface area contributed by atoms with Crippen molar-refractivity contribution >= 4 is 17.6 Å². The second-order valence-corrected chi connectivity index (χ2v) is 5.48. The number of benzene rings is 1. The van der Waals surface area contributed by atoms with Crippen LogP contribution in [0.25, 0.3) is 0 Å². The van der Waals surface area contributed by atoms with Gasteiger partial charge in [0, 0.05) is 31.9 Å². The number of carbonyl (C=O) groups excluding carboxylic acids is 2. The summed E-state index contributed by atoms with van der Waals surface area (Å²) >= 11 is 0. The van der Waals surface area contributed by atoms with Crippen LogP contribution in [0.4, 0.5) is 5.69 Å². The molecule has 1 aromatic carbocycles. The van der Waals surface area contributed by atoms with E-state index in [1.54, 1.807) is 11.0 Å². The SMILES string of the molecule is COC(=O)C1CCCCN1C(=O)c1cccc(N(C)C)c1. The molecule has 1 atom stereocenters. The number of ether oxygens (including phenoxy) is 1. The molecule has 5 heteroatoms. The number of anilines is 1. The maximum Gasteiger partial charge on any atom is 0.328 e. The Morgan fingerprint density at radius 3 is 2.71 bits per heavy atom. The first-order chi connectivity index (χ1) is 10.0. The molecule has 0 radical (unpaired) electrons. The number of methoxy groups -OCH3 is 1. The van der Waals surface area contributed by atoms with Crippen molar-refractivity contribution in [2.75, 3.05) is 32.6 Å². The summed E-state index contributed by atoms with van der Waals surface area (Å²) in [5.74, 6) is -0.430. The third-order valence-electron chi connectivity index (χ3n) is 3.85. The molecular formula is C16H22N2O3. The highest BCUT2D eigenvalue weighted by atomic mass is 16.5. The summed E-state index contributed by atoms with van der Waals surface area (Å²) in [4.78, 5) is 28.2. The van der Waals surface area contributed by atoms with Gasteiger partial charge in [-0.05, 0) is 37.5 Å². The Bertz CT molecular complexity index is 528. The molecule has 0 aromatic heterocycles. The number of amides is 1. The quantitative estimate of drug-likeness (QED) is 0.798. The van der Waals surface area contributed by atoms with Gasteiger partial charge >= 0.3 is 5.97 Å². The van der Waals surface area contributed by atoms with Crippen LogP contribution in [0, 0.1) is 0 Å². The molecule has 1 amide bonds. The second-order valence-electron chi connectivity index (χ2n) is 5.48. The highest BCUT2D eigenvalue weighted by Crippen LogP contribution is 2.22. The largest absolute Gasteiger partial charge is 0.467 e. The van der Waals surface area contributed by atoms with Gasteiger partial charge in [-0.2, -0.15) is 0 Å². The molecule has 1 fully saturated rings. The van der Waals surface area contributed by atoms with Crippen LogP contribution < -0.4 is 4.90 Å². The normalized spacial score (nSPS) is 18.2. The van der Waals surface area contributed by atoms with Crippen LogP contribution in [0.1, 0.15) is 29.6 Å². The average molecular weight is 290 g/mol. The summed E-state index contributed by atoms with van der Waals surface area (Å²) in [6, 6.07) is 6.99. The fraction of sp³-hybridized carbons (Fsp3) is 0.500. The molecule has 0 bridgehead atoms. The van der Waals surface area contributed by atoms with Crippen molar-refractivity contribution in [1.29, 1.82) is 0 Å². The summed E-state index contributed by atoms with van der Waals surface area (Å²) < 4.78 is 4.83. The fourth-order valence-corrected chi connectivity index (χ4v) is 2.64. The van der Waals surface area contributed by atoms with Crippen LogP contribution in [0.5, 0.6) is 0 Å². The lowest BCUT2D eigenvalue weighted by atomic mass is 10.0. The summed E-state index contributed by atoms with van der Waals surface area (Å²) in [6.07, 6.45) is 2.54. The molecule has 1 saturated heterocycles. The van der Waals surface area contributed by atoms with Gasteiger partial charge in [-0.1, -0.05) is 6.07 Å². The minimum atomic E-state index is -0.459. The van der Waals surface area contributed by atoms with E-state index in [2.05, 4.69) is 0 Å². The zero-order chi connectivity index (χ0) is 15.4. The van der Waals surface area contributed by atoms with Gasteiger partial charge in [0.1, 0.15) is 6.04 Å². The highest BCUT2D eigenvalue weighted by molar-refractivity contribution is 5.97. The molecule has 5 nitrogen and oxygen atoms in total. The summed E-state index contributed by atoms with van der Waals surface area (Å²) in [5.41, 5.74) is 1.57. The second kappa shape index (κ2) is 6.61. The number of likely N-dealkylation sites (tertiary alicyclic amines) is 1. The van der Waals surface area contributed by atoms with Crippen molar-refractivity contribution in [2.45, 2.75) is 25.3 Å². The topological polar surface area (TPSA) is 49.9 Å². The number of nitrogens with zero attached hydrogens (tertiary/aromatic N) is 2. The molecule has 1 heterocycles. The highest BCUT2D eigenvalue weighted by Gasteiger charge is 2.33. The Balaban J connectivity index is 2.24. The molecule has 1 aromatic rings. The van der Waals surface area contributed by atoms with Crippen LogP contribution in [-0.2, 0) is 9.53 Å². The van der Waals surface area contributed by atoms with E-state index < -0.39 is 6.04 Å². The van der Waals surface area contributed by atoms with E-state index in [9.17, 15) is 9.59 Å². The molecule has 114 valence electrons. The predicted molar refractivity (Wildman–Crippen MR) is 81.5 cm³/mol. The van der Waals surface area contributed by atoms with E-state index in [-0.39, 0.29) is 11.9 Å². The van der Waals surface area contributed by atoms with E-state index in [0.717, 1.165) is 18.5 Å². The molecule has 21 heavy (non-hydrogen) atoms. The van der Waals surface area contributed by atoms with Crippen LogP contribution in [0.15, 0.2) is 24.3 Å². The van der Waals surface area contributed by atoms with Gasteiger partial charge < -0.3 is 14.5 Å². The minimum Gasteiger partial charge on any atom is -0.467 e. The standard InChI is InChI=1S/C16H22N2O3/c1-17(2)13-8-6-7-12(11-13)15(19)18-10-5-4-9-14(18)16(20)21-3/h6-8,11,14H,4-5,9-10H2,1-3H3. The zero-order valence-electron chi connectivity index (χ0n) is 12.8. The van der Waals surface area contributed by atoms with Gasteiger partial charge in [0.25, 0.3) is 5.91 Å². The first-order valence-electron chi connectivity index (χ1n) is 7.20. The minimum absolute atomic E-state index is 0.103. The van der Waals surface area contributed by atoms with E-state index in [1.807, 2.05) is 37.2 Å². The molecule has 1 unspecified atom stereocenters. The van der Waals surface area contributed by atoms with Gasteiger partial charge in [-0.25, -0.2) is 4.79 Å². The van der Waals surface area contributed by atoms with Crippen LogP contribution in [0.3, 0.4) is 0 Å². The predicted octanol–water partition coefficient (Wildman–Crippen LogP) is 1.92. The Kier molecular flexibility index (Phi) is 4.83. The molecular weight excluding hydrogens is 268 g/mol. The number of hydrogen-bond donors (Lipinski definition) is 0. The Labute approximate surface area is 125 Å². The number of hydrogen-bond acceptors (Lipinski definition) is 4. The van der Waals surface area contributed by atoms with Crippen molar-refractivity contribution in [3.05, 3.63) is 29.8 Å². The smallest absolute Gasteiger partial charge is 0.328 e. The molecule has 0 saturated carbocycles. The number of rotatable bonds is 3. The van der Waals surface area contributed by atoms with Crippen LogP contribution in [0.2, 0.25) is 0 Å². The van der Waals surface area contributed by atoms with Crippen molar-refractivity contribution in [3.8, 4) is 0 Å². The maximum atomic E-state index is 12.7. The molecule has 0 aliphatic carbocycles. The lowest BCUT2D eigenvalue weighted by Gasteiger charge is -2.34. The lowest BCUT2D eigenvalue weighted by Crippen LogP contribution is -2.48. The van der Waals surface area contributed by atoms with Crippen molar-refractivity contribution < 1.29 is 14.3 Å². The average Bonchev–Trinajstić information content (AvgIpc) is 2.53. The van der Waals surface area contributed by atoms with Gasteiger partial charge in [-0.15, -0.1) is 0 Å². The number of piperidine rings is 1. The van der Waals surface area contributed by atoms with Gasteiger partial charge in [-0.3, -0.25) is 4.79 Å². The third kappa shape index (κ3) is 3.35. The Morgan fingerprint density at radius 1 is 1.29 bits per heavy atom. The van der Waals surface area contributed by atoms with Gasteiger partial charge in [0.15, 0.2) is 0 Å². The fourth-order valence-electron chi connectivity index (χ4n) is 2.64. The molecule has 0 spiro atoms. The first kappa shape index (κ1) is 15.4. The molecule has 2 rings (SSSR count). The van der Waals surface area contributed by atoms with Crippen molar-refractivity contribution in [2.24, 2.45) is 0 Å². The summed E-state index contributed by atoms with van der Waals surface area (Å²) in [7, 11) is 5.23. The van der Waals surface area contributed by atoms with E-state index in [0.29, 0.717) is 18.5 Å². The van der Waals surface area contributed by atoms with Gasteiger partial charge in [0.2, 0.25) is 0 Å². The monoisotopic (exact) mass is 290 g/mol. The maximum absolute atomic E-state index is 12.7. The molecule has 1 aliphatic heterocycles. The first-order valence-corrected chi connectivity index (χ1v) is 7.20. The van der Waals surface area contributed by atoms with E-state index in [4.69, 9.17) is 4.74 Å². The Morgan fingerprint density at radius 2 is 2.05 bits per heavy atom. The van der Waals surface area contributed by atoms with Crippen LogP contribution in [-0.4, -0.2) is 50.6 Å².